The van der Waals surface area contributed by atoms with Crippen molar-refractivity contribution >= 4 is 17.9 Å². The second-order valence-corrected chi connectivity index (χ2v) is 4.86. The van der Waals surface area contributed by atoms with Crippen molar-refractivity contribution in [2.45, 2.75) is 6.92 Å². The molecule has 0 aromatic heterocycles. The average molecular weight is 288 g/mol. The lowest BCUT2D eigenvalue weighted by molar-refractivity contribution is -0.130. The number of benzene rings is 2. The van der Waals surface area contributed by atoms with Crippen LogP contribution < -0.4 is 0 Å². The topological polar surface area (TPSA) is 62.5 Å². The van der Waals surface area contributed by atoms with Gasteiger partial charge in [0.25, 0.3) is 0 Å². The summed E-state index contributed by atoms with van der Waals surface area (Å²) in [5.74, 6) is -0.0564. The molecule has 0 fully saturated rings. The van der Waals surface area contributed by atoms with Crippen LogP contribution in [0.5, 0.6) is 0 Å². The Labute approximate surface area is 128 Å². The first-order chi connectivity index (χ1) is 10.7. The number of esters is 1. The largest absolute Gasteiger partial charge is 0.407 e. The first-order valence-corrected chi connectivity index (χ1v) is 6.75. The first kappa shape index (κ1) is 13.8. The summed E-state index contributed by atoms with van der Waals surface area (Å²) in [5, 5.41) is 8.81. The zero-order valence-electron chi connectivity index (χ0n) is 11.9. The number of nitrogens with zero attached hydrogens (tertiary/aromatic N) is 2. The van der Waals surface area contributed by atoms with E-state index in [0.717, 1.165) is 16.7 Å². The number of hydrogen-bond donors (Lipinski definition) is 0. The Hall–Kier alpha value is -3.19. The van der Waals surface area contributed by atoms with Gasteiger partial charge in [-0.15, -0.1) is 0 Å². The third-order valence-corrected chi connectivity index (χ3v) is 3.29. The van der Waals surface area contributed by atoms with Gasteiger partial charge in [0.2, 0.25) is 0 Å². The van der Waals surface area contributed by atoms with E-state index >= 15 is 0 Å². The number of nitriles is 1. The molecule has 4 nitrogen and oxygen atoms in total. The molecule has 0 unspecified atom stereocenters. The fraction of sp³-hybridized carbons (Fsp3) is 0.0556. The second kappa shape index (κ2) is 5.66. The Bertz CT molecular complexity index is 823. The van der Waals surface area contributed by atoms with E-state index in [-0.39, 0.29) is 0 Å². The number of carbonyl (C=O) groups excluding carboxylic acids is 1. The number of ether oxygens (including phenoxy) is 1. The number of hydrogen-bond acceptors (Lipinski definition) is 4. The summed E-state index contributed by atoms with van der Waals surface area (Å²) in [6.07, 6.45) is 1.70. The maximum atomic E-state index is 11.5. The van der Waals surface area contributed by atoms with Crippen LogP contribution in [-0.2, 0) is 9.53 Å². The van der Waals surface area contributed by atoms with Gasteiger partial charge in [0.1, 0.15) is 0 Å². The van der Waals surface area contributed by atoms with Crippen molar-refractivity contribution < 1.29 is 9.53 Å². The lowest BCUT2D eigenvalue weighted by Crippen LogP contribution is -1.99. The van der Waals surface area contributed by atoms with E-state index in [0.29, 0.717) is 17.2 Å². The van der Waals surface area contributed by atoms with Crippen LogP contribution in [-0.4, -0.2) is 11.9 Å². The summed E-state index contributed by atoms with van der Waals surface area (Å²) < 4.78 is 4.88. The van der Waals surface area contributed by atoms with Gasteiger partial charge in [0.15, 0.2) is 11.6 Å². The fourth-order valence-corrected chi connectivity index (χ4v) is 2.18. The molecule has 0 bridgehead atoms. The van der Waals surface area contributed by atoms with Gasteiger partial charge in [-0.2, -0.15) is 5.26 Å². The summed E-state index contributed by atoms with van der Waals surface area (Å²) in [6, 6.07) is 17.3. The highest BCUT2D eigenvalue weighted by molar-refractivity contribution is 6.06. The molecule has 1 heterocycles. The maximum Gasteiger partial charge on any atom is 0.363 e. The van der Waals surface area contributed by atoms with Gasteiger partial charge < -0.3 is 4.74 Å². The van der Waals surface area contributed by atoms with Crippen LogP contribution in [0.4, 0.5) is 0 Å². The number of aliphatic imine (C=N–C) groups is 1. The predicted molar refractivity (Wildman–Crippen MR) is 83.8 cm³/mol. The molecule has 1 aliphatic rings. The lowest BCUT2D eigenvalue weighted by atomic mass is 10.0. The zero-order valence-corrected chi connectivity index (χ0v) is 11.9. The highest BCUT2D eigenvalue weighted by atomic mass is 16.6. The Morgan fingerprint density at radius 2 is 1.64 bits per heavy atom. The van der Waals surface area contributed by atoms with Crippen molar-refractivity contribution in [2.24, 2.45) is 4.99 Å². The van der Waals surface area contributed by atoms with Gasteiger partial charge in [-0.05, 0) is 34.9 Å². The van der Waals surface area contributed by atoms with E-state index in [1.165, 1.54) is 0 Å². The van der Waals surface area contributed by atoms with Crippen LogP contribution in [0.2, 0.25) is 0 Å². The summed E-state index contributed by atoms with van der Waals surface area (Å²) >= 11 is 0. The Balaban J connectivity index is 1.85. The van der Waals surface area contributed by atoms with Crippen molar-refractivity contribution in [3.8, 4) is 17.2 Å². The fourth-order valence-electron chi connectivity index (χ4n) is 2.18. The zero-order chi connectivity index (χ0) is 15.5. The molecule has 3 rings (SSSR count). The van der Waals surface area contributed by atoms with Crippen LogP contribution in [0.25, 0.3) is 17.2 Å². The smallest absolute Gasteiger partial charge is 0.363 e. The third-order valence-electron chi connectivity index (χ3n) is 3.29. The monoisotopic (exact) mass is 288 g/mol. The van der Waals surface area contributed by atoms with Crippen molar-refractivity contribution in [3.05, 3.63) is 65.4 Å². The summed E-state index contributed by atoms with van der Waals surface area (Å²) in [6.45, 7) is 1.65. The molecule has 0 saturated carbocycles. The second-order valence-electron chi connectivity index (χ2n) is 4.86. The van der Waals surface area contributed by atoms with Crippen molar-refractivity contribution in [3.63, 3.8) is 0 Å². The van der Waals surface area contributed by atoms with Gasteiger partial charge >= 0.3 is 5.97 Å². The molecular formula is C18H12N2O2. The predicted octanol–water partition coefficient (Wildman–Crippen LogP) is 3.54. The number of cyclic esters (lactones) is 1. The Kier molecular flexibility index (Phi) is 3.55. The lowest BCUT2D eigenvalue weighted by Gasteiger charge is -2.02. The van der Waals surface area contributed by atoms with Crippen LogP contribution in [0, 0.1) is 11.3 Å². The van der Waals surface area contributed by atoms with Gasteiger partial charge in [-0.1, -0.05) is 36.4 Å². The van der Waals surface area contributed by atoms with Crippen LogP contribution in [0.3, 0.4) is 0 Å². The van der Waals surface area contributed by atoms with Crippen LogP contribution >= 0.6 is 0 Å². The minimum atomic E-state index is -0.423. The molecule has 106 valence electrons. The molecule has 1 aliphatic heterocycles. The van der Waals surface area contributed by atoms with E-state index in [2.05, 4.69) is 11.1 Å². The van der Waals surface area contributed by atoms with Crippen molar-refractivity contribution in [1.29, 1.82) is 5.26 Å². The van der Waals surface area contributed by atoms with Gasteiger partial charge in [0.05, 0.1) is 11.6 Å². The number of rotatable bonds is 2. The van der Waals surface area contributed by atoms with Crippen LogP contribution in [0.15, 0.2) is 59.2 Å². The molecule has 0 saturated heterocycles. The van der Waals surface area contributed by atoms with E-state index in [9.17, 15) is 4.79 Å². The normalized spacial score (nSPS) is 15.4. The maximum absolute atomic E-state index is 11.5. The summed E-state index contributed by atoms with van der Waals surface area (Å²) in [4.78, 5) is 15.5. The van der Waals surface area contributed by atoms with Crippen molar-refractivity contribution in [2.75, 3.05) is 0 Å². The minimum Gasteiger partial charge on any atom is -0.407 e. The van der Waals surface area contributed by atoms with E-state index in [1.54, 1.807) is 25.1 Å². The first-order valence-electron chi connectivity index (χ1n) is 6.75. The molecule has 0 radical (unpaired) electrons. The molecule has 0 spiro atoms. The minimum absolute atomic E-state index is 0.309. The molecule has 0 amide bonds. The van der Waals surface area contributed by atoms with Gasteiger partial charge in [-0.3, -0.25) is 0 Å². The molecular weight excluding hydrogens is 276 g/mol. The highest BCUT2D eigenvalue weighted by Gasteiger charge is 2.19. The van der Waals surface area contributed by atoms with Crippen LogP contribution in [0.1, 0.15) is 18.1 Å². The molecule has 4 heteroatoms. The molecule has 22 heavy (non-hydrogen) atoms. The summed E-state index contributed by atoms with van der Waals surface area (Å²) in [5.41, 5.74) is 3.90. The molecule has 2 aromatic rings. The van der Waals surface area contributed by atoms with Gasteiger partial charge in [0, 0.05) is 6.92 Å². The molecule has 0 atom stereocenters. The SMILES string of the molecule is CC1=N/C(=C\c2ccc(-c3ccc(C#N)cc3)cc2)C(=O)O1. The standard InChI is InChI=1S/C18H12N2O2/c1-12-20-17(18(21)22-12)10-13-2-6-15(7-3-13)16-8-4-14(11-19)5-9-16/h2-10H,1H3/b17-10-. The highest BCUT2D eigenvalue weighted by Crippen LogP contribution is 2.22. The van der Waals surface area contributed by atoms with Gasteiger partial charge in [-0.25, -0.2) is 9.79 Å². The van der Waals surface area contributed by atoms with Crippen molar-refractivity contribution in [1.82, 2.24) is 0 Å². The summed E-state index contributed by atoms with van der Waals surface area (Å²) in [7, 11) is 0. The van der Waals surface area contributed by atoms with E-state index in [1.807, 2.05) is 36.4 Å². The molecule has 2 aromatic carbocycles. The molecule has 0 aliphatic carbocycles. The third kappa shape index (κ3) is 2.79. The number of carbonyl (C=O) groups is 1. The van der Waals surface area contributed by atoms with E-state index in [4.69, 9.17) is 10.00 Å². The quantitative estimate of drug-likeness (QED) is 0.627. The Morgan fingerprint density at radius 1 is 1.05 bits per heavy atom. The average Bonchev–Trinajstić information content (AvgIpc) is 2.86. The van der Waals surface area contributed by atoms with E-state index < -0.39 is 5.97 Å². The Morgan fingerprint density at radius 3 is 2.14 bits per heavy atom. The molecule has 0 N–H and O–H groups in total.